The van der Waals surface area contributed by atoms with E-state index < -0.39 is 5.97 Å². The average molecular weight is 183 g/mol. The number of hydrogen-bond donors (Lipinski definition) is 2. The van der Waals surface area contributed by atoms with Crippen molar-refractivity contribution in [1.29, 1.82) is 0 Å². The quantitative estimate of drug-likeness (QED) is 0.706. The van der Waals surface area contributed by atoms with Gasteiger partial charge in [-0.05, 0) is 6.42 Å². The molecule has 0 fully saturated rings. The largest absolute Gasteiger partial charge is 0.481 e. The van der Waals surface area contributed by atoms with Crippen molar-refractivity contribution in [3.05, 3.63) is 11.6 Å². The molecule has 0 amide bonds. The standard InChI is InChI=1S/C8H13N3O2/c1-2-6-9-7(11-10-6)4-3-5-8(12)13/h2-5H2,1H3,(H,12,13)(H,9,10,11). The van der Waals surface area contributed by atoms with Crippen LogP contribution in [0.3, 0.4) is 0 Å². The molecule has 0 bridgehead atoms. The fourth-order valence-electron chi connectivity index (χ4n) is 1.01. The second kappa shape index (κ2) is 4.59. The lowest BCUT2D eigenvalue weighted by molar-refractivity contribution is -0.137. The van der Waals surface area contributed by atoms with E-state index >= 15 is 0 Å². The Bertz CT molecular complexity index is 283. The molecule has 5 nitrogen and oxygen atoms in total. The summed E-state index contributed by atoms with van der Waals surface area (Å²) in [7, 11) is 0. The van der Waals surface area contributed by atoms with Gasteiger partial charge in [0, 0.05) is 19.3 Å². The molecule has 0 saturated carbocycles. The predicted octanol–water partition coefficient (Wildman–Crippen LogP) is 0.774. The van der Waals surface area contributed by atoms with Crippen LogP contribution >= 0.6 is 0 Å². The van der Waals surface area contributed by atoms with E-state index in [9.17, 15) is 4.79 Å². The molecule has 0 atom stereocenters. The van der Waals surface area contributed by atoms with Crippen LogP contribution in [0, 0.1) is 0 Å². The molecule has 0 radical (unpaired) electrons. The smallest absolute Gasteiger partial charge is 0.303 e. The Morgan fingerprint density at radius 1 is 1.62 bits per heavy atom. The van der Waals surface area contributed by atoms with Gasteiger partial charge in [0.2, 0.25) is 0 Å². The summed E-state index contributed by atoms with van der Waals surface area (Å²) < 4.78 is 0. The fraction of sp³-hybridized carbons (Fsp3) is 0.625. The molecular weight excluding hydrogens is 170 g/mol. The normalized spacial score (nSPS) is 10.2. The Kier molecular flexibility index (Phi) is 3.42. The second-order valence-electron chi connectivity index (χ2n) is 2.80. The summed E-state index contributed by atoms with van der Waals surface area (Å²) in [6, 6.07) is 0. The molecule has 5 heteroatoms. The maximum absolute atomic E-state index is 10.2. The Balaban J connectivity index is 2.32. The van der Waals surface area contributed by atoms with Crippen molar-refractivity contribution >= 4 is 5.97 Å². The summed E-state index contributed by atoms with van der Waals surface area (Å²) >= 11 is 0. The highest BCUT2D eigenvalue weighted by atomic mass is 16.4. The lowest BCUT2D eigenvalue weighted by atomic mass is 10.2. The lowest BCUT2D eigenvalue weighted by Crippen LogP contribution is -1.97. The molecule has 2 N–H and O–H groups in total. The first-order valence-corrected chi connectivity index (χ1v) is 4.34. The van der Waals surface area contributed by atoms with E-state index in [0.717, 1.165) is 18.1 Å². The minimum Gasteiger partial charge on any atom is -0.481 e. The van der Waals surface area contributed by atoms with E-state index in [1.807, 2.05) is 6.92 Å². The van der Waals surface area contributed by atoms with Gasteiger partial charge in [0.25, 0.3) is 0 Å². The maximum Gasteiger partial charge on any atom is 0.303 e. The number of carboxylic acids is 1. The van der Waals surface area contributed by atoms with Gasteiger partial charge in [-0.2, -0.15) is 5.10 Å². The summed E-state index contributed by atoms with van der Waals surface area (Å²) in [5.41, 5.74) is 0. The van der Waals surface area contributed by atoms with Gasteiger partial charge in [-0.15, -0.1) is 0 Å². The molecule has 0 unspecified atom stereocenters. The molecule has 1 heterocycles. The van der Waals surface area contributed by atoms with Gasteiger partial charge in [0.1, 0.15) is 11.6 Å². The van der Waals surface area contributed by atoms with E-state index in [0.29, 0.717) is 12.8 Å². The topological polar surface area (TPSA) is 78.9 Å². The molecule has 0 spiro atoms. The number of aliphatic carboxylic acids is 1. The lowest BCUT2D eigenvalue weighted by Gasteiger charge is -1.91. The molecule has 0 saturated heterocycles. The van der Waals surface area contributed by atoms with E-state index in [-0.39, 0.29) is 6.42 Å². The number of H-pyrrole nitrogens is 1. The monoisotopic (exact) mass is 183 g/mol. The molecule has 0 aromatic carbocycles. The zero-order valence-corrected chi connectivity index (χ0v) is 7.58. The molecule has 13 heavy (non-hydrogen) atoms. The van der Waals surface area contributed by atoms with E-state index in [2.05, 4.69) is 15.2 Å². The maximum atomic E-state index is 10.2. The number of rotatable bonds is 5. The third-order valence-corrected chi connectivity index (χ3v) is 1.70. The number of carboxylic acid groups (broad SMARTS) is 1. The van der Waals surface area contributed by atoms with Crippen LogP contribution in [0.1, 0.15) is 31.4 Å². The Hall–Kier alpha value is -1.39. The van der Waals surface area contributed by atoms with Crippen molar-refractivity contribution in [1.82, 2.24) is 15.2 Å². The van der Waals surface area contributed by atoms with Gasteiger partial charge in [-0.25, -0.2) is 4.98 Å². The van der Waals surface area contributed by atoms with E-state index in [4.69, 9.17) is 5.11 Å². The van der Waals surface area contributed by atoms with Crippen molar-refractivity contribution < 1.29 is 9.90 Å². The Morgan fingerprint density at radius 3 is 2.92 bits per heavy atom. The second-order valence-corrected chi connectivity index (χ2v) is 2.80. The van der Waals surface area contributed by atoms with Crippen molar-refractivity contribution in [2.24, 2.45) is 0 Å². The van der Waals surface area contributed by atoms with Gasteiger partial charge in [-0.3, -0.25) is 9.89 Å². The molecule has 72 valence electrons. The predicted molar refractivity (Wildman–Crippen MR) is 46.3 cm³/mol. The summed E-state index contributed by atoms with van der Waals surface area (Å²) in [6.45, 7) is 1.98. The number of nitrogens with zero attached hydrogens (tertiary/aromatic N) is 2. The van der Waals surface area contributed by atoms with Crippen molar-refractivity contribution in [2.75, 3.05) is 0 Å². The van der Waals surface area contributed by atoms with Crippen LogP contribution in [-0.4, -0.2) is 26.3 Å². The molecule has 1 aromatic heterocycles. The zero-order chi connectivity index (χ0) is 9.68. The van der Waals surface area contributed by atoms with Crippen molar-refractivity contribution in [3.8, 4) is 0 Å². The minimum atomic E-state index is -0.768. The first-order chi connectivity index (χ1) is 6.22. The molecular formula is C8H13N3O2. The molecule has 1 rings (SSSR count). The van der Waals surface area contributed by atoms with Crippen molar-refractivity contribution in [2.45, 2.75) is 32.6 Å². The van der Waals surface area contributed by atoms with Crippen LogP contribution in [0.5, 0.6) is 0 Å². The molecule has 0 aliphatic heterocycles. The van der Waals surface area contributed by atoms with Gasteiger partial charge >= 0.3 is 5.97 Å². The minimum absolute atomic E-state index is 0.183. The summed E-state index contributed by atoms with van der Waals surface area (Å²) in [5, 5.41) is 15.1. The zero-order valence-electron chi connectivity index (χ0n) is 7.58. The van der Waals surface area contributed by atoms with Gasteiger partial charge in [0.15, 0.2) is 0 Å². The van der Waals surface area contributed by atoms with Crippen LogP contribution in [0.25, 0.3) is 0 Å². The highest BCUT2D eigenvalue weighted by Gasteiger charge is 2.02. The summed E-state index contributed by atoms with van der Waals surface area (Å²) in [4.78, 5) is 14.4. The van der Waals surface area contributed by atoms with Crippen LogP contribution in [0.15, 0.2) is 0 Å². The van der Waals surface area contributed by atoms with Crippen LogP contribution in [0.2, 0.25) is 0 Å². The highest BCUT2D eigenvalue weighted by molar-refractivity contribution is 5.66. The highest BCUT2D eigenvalue weighted by Crippen LogP contribution is 2.00. The SMILES string of the molecule is CCc1n[nH]c(CCCC(=O)O)n1. The average Bonchev–Trinajstić information content (AvgIpc) is 2.52. The Morgan fingerprint density at radius 2 is 2.38 bits per heavy atom. The number of aromatic amines is 1. The van der Waals surface area contributed by atoms with Gasteiger partial charge < -0.3 is 5.11 Å². The number of carbonyl (C=O) groups is 1. The van der Waals surface area contributed by atoms with Gasteiger partial charge in [-0.1, -0.05) is 6.92 Å². The van der Waals surface area contributed by atoms with Crippen LogP contribution in [0.4, 0.5) is 0 Å². The van der Waals surface area contributed by atoms with Crippen molar-refractivity contribution in [3.63, 3.8) is 0 Å². The third-order valence-electron chi connectivity index (χ3n) is 1.70. The Labute approximate surface area is 76.2 Å². The van der Waals surface area contributed by atoms with E-state index in [1.165, 1.54) is 0 Å². The first kappa shape index (κ1) is 9.70. The third kappa shape index (κ3) is 3.23. The summed E-state index contributed by atoms with van der Waals surface area (Å²) in [5.74, 6) is 0.790. The number of hydrogen-bond acceptors (Lipinski definition) is 3. The van der Waals surface area contributed by atoms with Gasteiger partial charge in [0.05, 0.1) is 0 Å². The fourth-order valence-corrected chi connectivity index (χ4v) is 1.01. The number of nitrogens with one attached hydrogen (secondary N) is 1. The van der Waals surface area contributed by atoms with Crippen LogP contribution in [-0.2, 0) is 17.6 Å². The van der Waals surface area contributed by atoms with Crippen LogP contribution < -0.4 is 0 Å². The van der Waals surface area contributed by atoms with E-state index in [1.54, 1.807) is 0 Å². The summed E-state index contributed by atoms with van der Waals surface area (Å²) in [6.07, 6.45) is 2.24. The number of aryl methyl sites for hydroxylation is 2. The molecule has 1 aromatic rings. The molecule has 0 aliphatic rings. The first-order valence-electron chi connectivity index (χ1n) is 4.34. The molecule has 0 aliphatic carbocycles. The number of aromatic nitrogens is 3.